The highest BCUT2D eigenvalue weighted by molar-refractivity contribution is 7.12. The smallest absolute Gasteiger partial charge is 0.228 e. The molecule has 4 heterocycles. The zero-order valence-corrected chi connectivity index (χ0v) is 22.4. The molecule has 10 heteroatoms. The fourth-order valence-electron chi connectivity index (χ4n) is 5.10. The summed E-state index contributed by atoms with van der Waals surface area (Å²) in [7, 11) is 1.63. The van der Waals surface area contributed by atoms with E-state index in [0.717, 1.165) is 21.9 Å². The van der Waals surface area contributed by atoms with Crippen molar-refractivity contribution in [2.24, 2.45) is 10.6 Å². The zero-order valence-electron chi connectivity index (χ0n) is 21.6. The lowest BCUT2D eigenvalue weighted by atomic mass is 9.70. The molecule has 9 nitrogen and oxygen atoms in total. The lowest BCUT2D eigenvalue weighted by molar-refractivity contribution is -0.118. The summed E-state index contributed by atoms with van der Waals surface area (Å²) in [5, 5.41) is 10.8. The molecule has 0 N–H and O–H groups in total. The highest BCUT2D eigenvalue weighted by Gasteiger charge is 2.44. The maximum absolute atomic E-state index is 13.5. The molecule has 3 aromatic heterocycles. The van der Waals surface area contributed by atoms with Gasteiger partial charge < -0.3 is 14.3 Å². The summed E-state index contributed by atoms with van der Waals surface area (Å²) in [6, 6.07) is 11.7. The van der Waals surface area contributed by atoms with Gasteiger partial charge in [-0.3, -0.25) is 4.79 Å². The molecule has 38 heavy (non-hydrogen) atoms. The van der Waals surface area contributed by atoms with Gasteiger partial charge in [0, 0.05) is 24.3 Å². The summed E-state index contributed by atoms with van der Waals surface area (Å²) in [5.74, 6) is 1.99. The van der Waals surface area contributed by atoms with Crippen LogP contribution in [0, 0.1) is 5.41 Å². The van der Waals surface area contributed by atoms with E-state index in [-0.39, 0.29) is 17.8 Å². The van der Waals surface area contributed by atoms with Crippen LogP contribution in [0.3, 0.4) is 0 Å². The molecule has 4 aromatic rings. The van der Waals surface area contributed by atoms with Crippen molar-refractivity contribution in [3.05, 3.63) is 81.3 Å². The van der Waals surface area contributed by atoms with Gasteiger partial charge in [0.2, 0.25) is 5.88 Å². The van der Waals surface area contributed by atoms with Crippen LogP contribution in [0.1, 0.15) is 61.4 Å². The largest absolute Gasteiger partial charge is 0.497 e. The van der Waals surface area contributed by atoms with Gasteiger partial charge in [-0.1, -0.05) is 37.2 Å². The number of ether oxygens (including phenoxy) is 2. The third kappa shape index (κ3) is 4.34. The number of nitrogens with zero attached hydrogens (tertiary/aromatic N) is 5. The van der Waals surface area contributed by atoms with Crippen molar-refractivity contribution in [3.8, 4) is 11.6 Å². The molecule has 194 valence electrons. The second kappa shape index (κ2) is 9.36. The van der Waals surface area contributed by atoms with E-state index in [1.54, 1.807) is 29.3 Å². The Kier molecular flexibility index (Phi) is 5.98. The zero-order chi connectivity index (χ0) is 26.4. The van der Waals surface area contributed by atoms with Crippen molar-refractivity contribution in [3.63, 3.8) is 0 Å². The fourth-order valence-corrected chi connectivity index (χ4v) is 5.77. The molecule has 0 bridgehead atoms. The minimum Gasteiger partial charge on any atom is -0.497 e. The summed E-state index contributed by atoms with van der Waals surface area (Å²) >= 11 is 1.60. The molecule has 1 atom stereocenters. The van der Waals surface area contributed by atoms with Gasteiger partial charge in [0.1, 0.15) is 17.8 Å². The van der Waals surface area contributed by atoms with E-state index in [2.05, 4.69) is 29.1 Å². The quantitative estimate of drug-likeness (QED) is 0.247. The molecule has 0 radical (unpaired) electrons. The Labute approximate surface area is 223 Å². The predicted octanol–water partition coefficient (Wildman–Crippen LogP) is 5.30. The maximum Gasteiger partial charge on any atom is 0.228 e. The Balaban J connectivity index is 1.42. The second-order valence-corrected chi connectivity index (χ2v) is 11.2. The molecular weight excluding hydrogens is 502 g/mol. The standard InChI is InChI=1S/C28H27N5O4S/c1-16(21-6-5-11-38-21)32-36-14-22-30-26-25-23(17-7-9-18(35-4)10-8-17)24-19(34)12-28(2,3)13-20(24)37-27(25)29-15-33(26)31-22/h5-11,15,23H,12-14H2,1-4H3/b32-16+. The van der Waals surface area contributed by atoms with E-state index in [9.17, 15) is 4.79 Å². The normalized spacial score (nSPS) is 18.7. The molecule has 1 aliphatic heterocycles. The number of carbonyl (C=O) groups excluding carboxylic acids is 1. The lowest BCUT2D eigenvalue weighted by Gasteiger charge is -2.37. The number of rotatable bonds is 6. The fraction of sp³-hybridized carbons (Fsp3) is 0.321. The lowest BCUT2D eigenvalue weighted by Crippen LogP contribution is -2.33. The van der Waals surface area contributed by atoms with Crippen LogP contribution < -0.4 is 9.47 Å². The molecule has 0 saturated heterocycles. The molecule has 0 spiro atoms. The average molecular weight is 530 g/mol. The Bertz CT molecular complexity index is 1590. The van der Waals surface area contributed by atoms with Crippen LogP contribution in [0.25, 0.3) is 5.65 Å². The number of benzene rings is 1. The van der Waals surface area contributed by atoms with Crippen molar-refractivity contribution in [2.45, 2.75) is 46.1 Å². The molecular formula is C28H27N5O4S. The number of allylic oxidation sites excluding steroid dienone is 2. The third-order valence-electron chi connectivity index (χ3n) is 6.83. The van der Waals surface area contributed by atoms with E-state index < -0.39 is 5.92 Å². The van der Waals surface area contributed by atoms with Gasteiger partial charge in [-0.05, 0) is 41.5 Å². The summed E-state index contributed by atoms with van der Waals surface area (Å²) in [6.07, 6.45) is 2.68. The minimum atomic E-state index is -0.392. The number of fused-ring (bicyclic) bond motifs is 3. The van der Waals surface area contributed by atoms with Gasteiger partial charge in [0.25, 0.3) is 0 Å². The minimum absolute atomic E-state index is 0.0752. The van der Waals surface area contributed by atoms with E-state index in [0.29, 0.717) is 47.1 Å². The van der Waals surface area contributed by atoms with Crippen LogP contribution in [0.4, 0.5) is 0 Å². The Hall–Kier alpha value is -4.05. The van der Waals surface area contributed by atoms with Crippen LogP contribution >= 0.6 is 11.3 Å². The van der Waals surface area contributed by atoms with Gasteiger partial charge in [-0.2, -0.15) is 0 Å². The molecule has 6 rings (SSSR count). The summed E-state index contributed by atoms with van der Waals surface area (Å²) in [5.41, 5.74) is 3.47. The summed E-state index contributed by atoms with van der Waals surface area (Å²) in [4.78, 5) is 29.5. The van der Waals surface area contributed by atoms with Crippen LogP contribution in [-0.4, -0.2) is 38.2 Å². The number of oxime groups is 1. The van der Waals surface area contributed by atoms with E-state index in [1.165, 1.54) is 0 Å². The Morgan fingerprint density at radius 3 is 2.79 bits per heavy atom. The number of hydrogen-bond acceptors (Lipinski definition) is 9. The molecule has 2 aliphatic rings. The van der Waals surface area contributed by atoms with Gasteiger partial charge in [0.15, 0.2) is 23.9 Å². The van der Waals surface area contributed by atoms with Gasteiger partial charge >= 0.3 is 0 Å². The topological polar surface area (TPSA) is 100 Å². The van der Waals surface area contributed by atoms with Gasteiger partial charge in [0.05, 0.1) is 23.3 Å². The number of hydrogen-bond donors (Lipinski definition) is 0. The second-order valence-electron chi connectivity index (χ2n) is 10.3. The average Bonchev–Trinajstić information content (AvgIpc) is 3.57. The monoisotopic (exact) mass is 529 g/mol. The van der Waals surface area contributed by atoms with Crippen LogP contribution in [0.5, 0.6) is 11.6 Å². The van der Waals surface area contributed by atoms with Crippen molar-refractivity contribution in [1.82, 2.24) is 19.6 Å². The molecule has 0 amide bonds. The molecule has 1 unspecified atom stereocenters. The van der Waals surface area contributed by atoms with Gasteiger partial charge in [-0.25, -0.2) is 14.5 Å². The van der Waals surface area contributed by atoms with E-state index >= 15 is 0 Å². The highest BCUT2D eigenvalue weighted by Crippen LogP contribution is 2.50. The number of methoxy groups -OCH3 is 1. The number of carbonyl (C=O) groups is 1. The SMILES string of the molecule is COc1ccc(C2C3=C(CC(C)(C)CC3=O)Oc3ncn4nc(CO/N=C(\C)c5cccs5)nc4c32)cc1. The predicted molar refractivity (Wildman–Crippen MR) is 143 cm³/mol. The summed E-state index contributed by atoms with van der Waals surface area (Å²) in [6.45, 7) is 6.15. The number of ketones is 1. The first kappa shape index (κ1) is 24.3. The Morgan fingerprint density at radius 1 is 1.24 bits per heavy atom. The molecule has 0 saturated carbocycles. The van der Waals surface area contributed by atoms with Crippen LogP contribution in [-0.2, 0) is 16.2 Å². The number of aromatic nitrogens is 4. The van der Waals surface area contributed by atoms with Gasteiger partial charge in [-0.15, -0.1) is 16.4 Å². The number of Topliss-reactive ketones (excluding diaryl/α,β-unsaturated/α-hetero) is 1. The first-order valence-electron chi connectivity index (χ1n) is 12.4. The van der Waals surface area contributed by atoms with Crippen molar-refractivity contribution >= 4 is 28.5 Å². The maximum atomic E-state index is 13.5. The van der Waals surface area contributed by atoms with Crippen LogP contribution in [0.2, 0.25) is 0 Å². The third-order valence-corrected chi connectivity index (χ3v) is 7.81. The van der Waals surface area contributed by atoms with Crippen molar-refractivity contribution in [1.29, 1.82) is 0 Å². The first-order chi connectivity index (χ1) is 18.3. The highest BCUT2D eigenvalue weighted by atomic mass is 32.1. The number of thiophene rings is 1. The molecule has 0 fully saturated rings. The Morgan fingerprint density at radius 2 is 2.05 bits per heavy atom. The molecule has 1 aromatic carbocycles. The first-order valence-corrected chi connectivity index (χ1v) is 13.2. The summed E-state index contributed by atoms with van der Waals surface area (Å²) < 4.78 is 13.3. The van der Waals surface area contributed by atoms with E-state index in [1.807, 2.05) is 48.7 Å². The van der Waals surface area contributed by atoms with Crippen LogP contribution in [0.15, 0.2) is 64.6 Å². The van der Waals surface area contributed by atoms with E-state index in [4.69, 9.17) is 19.3 Å². The molecule has 1 aliphatic carbocycles. The van der Waals surface area contributed by atoms with Crippen molar-refractivity contribution < 1.29 is 19.1 Å². The van der Waals surface area contributed by atoms with Crippen molar-refractivity contribution in [2.75, 3.05) is 7.11 Å².